The van der Waals surface area contributed by atoms with Gasteiger partial charge in [0.1, 0.15) is 12.4 Å². The summed E-state index contributed by atoms with van der Waals surface area (Å²) < 4.78 is 19.6. The summed E-state index contributed by atoms with van der Waals surface area (Å²) in [6.07, 6.45) is 4.26. The van der Waals surface area contributed by atoms with Crippen molar-refractivity contribution in [3.8, 4) is 0 Å². The fourth-order valence-electron chi connectivity index (χ4n) is 4.44. The van der Waals surface area contributed by atoms with Crippen LogP contribution in [0, 0.1) is 11.7 Å². The Balaban J connectivity index is 1.57. The van der Waals surface area contributed by atoms with E-state index in [0.29, 0.717) is 30.8 Å². The van der Waals surface area contributed by atoms with Crippen molar-refractivity contribution >= 4 is 28.9 Å². The van der Waals surface area contributed by atoms with Gasteiger partial charge in [-0.25, -0.2) is 9.40 Å². The predicted molar refractivity (Wildman–Crippen MR) is 122 cm³/mol. The molecule has 2 heterocycles. The van der Waals surface area contributed by atoms with Gasteiger partial charge in [0.2, 0.25) is 5.91 Å². The number of amides is 2. The molecule has 32 heavy (non-hydrogen) atoms. The van der Waals surface area contributed by atoms with Gasteiger partial charge in [-0.05, 0) is 30.4 Å². The van der Waals surface area contributed by atoms with Crippen LogP contribution in [0.5, 0.6) is 0 Å². The van der Waals surface area contributed by atoms with Crippen molar-refractivity contribution in [2.24, 2.45) is 11.0 Å². The second kappa shape index (κ2) is 10.4. The highest BCUT2D eigenvalue weighted by atomic mass is 32.1. The van der Waals surface area contributed by atoms with E-state index in [4.69, 9.17) is 4.74 Å². The lowest BCUT2D eigenvalue weighted by Gasteiger charge is -2.28. The quantitative estimate of drug-likeness (QED) is 0.596. The summed E-state index contributed by atoms with van der Waals surface area (Å²) in [5.41, 5.74) is 0.947. The number of carbonyl (C=O) groups excluding carboxylic acids is 2. The SMILES string of the molecule is COCCN(CC(=O)N1N=C(c2ccccc2F)CC1c1cccs1)C(=O)C1CCCC1. The van der Waals surface area contributed by atoms with Gasteiger partial charge in [-0.1, -0.05) is 37.1 Å². The van der Waals surface area contributed by atoms with Crippen molar-refractivity contribution in [3.63, 3.8) is 0 Å². The lowest BCUT2D eigenvalue weighted by Crippen LogP contribution is -2.44. The zero-order chi connectivity index (χ0) is 22.5. The van der Waals surface area contributed by atoms with E-state index in [9.17, 15) is 14.0 Å². The average Bonchev–Trinajstić information content (AvgIpc) is 3.57. The minimum atomic E-state index is -0.358. The first kappa shape index (κ1) is 22.6. The van der Waals surface area contributed by atoms with E-state index in [0.717, 1.165) is 30.6 Å². The Kier molecular flexibility index (Phi) is 7.32. The third kappa shape index (κ3) is 4.91. The first-order valence-corrected chi connectivity index (χ1v) is 11.9. The number of hydrazone groups is 1. The molecule has 0 N–H and O–H groups in total. The number of ether oxygens (including phenoxy) is 1. The summed E-state index contributed by atoms with van der Waals surface area (Å²) in [6.45, 7) is 0.664. The number of hydrogen-bond acceptors (Lipinski definition) is 5. The normalized spacial score (nSPS) is 18.8. The molecule has 8 heteroatoms. The highest BCUT2D eigenvalue weighted by Gasteiger charge is 2.36. The van der Waals surface area contributed by atoms with E-state index in [2.05, 4.69) is 5.10 Å². The zero-order valence-corrected chi connectivity index (χ0v) is 19.0. The van der Waals surface area contributed by atoms with E-state index < -0.39 is 0 Å². The molecule has 1 unspecified atom stereocenters. The van der Waals surface area contributed by atoms with E-state index in [-0.39, 0.29) is 36.1 Å². The highest BCUT2D eigenvalue weighted by molar-refractivity contribution is 7.10. The van der Waals surface area contributed by atoms with Crippen molar-refractivity contribution in [1.29, 1.82) is 0 Å². The summed E-state index contributed by atoms with van der Waals surface area (Å²) in [5, 5.41) is 7.94. The molecule has 0 radical (unpaired) electrons. The van der Waals surface area contributed by atoms with Crippen LogP contribution in [0.3, 0.4) is 0 Å². The summed E-state index contributed by atoms with van der Waals surface area (Å²) in [4.78, 5) is 29.0. The molecule has 1 fully saturated rings. The topological polar surface area (TPSA) is 62.2 Å². The average molecular weight is 458 g/mol. The number of methoxy groups -OCH3 is 1. The number of rotatable bonds is 8. The van der Waals surface area contributed by atoms with Gasteiger partial charge in [-0.3, -0.25) is 9.59 Å². The van der Waals surface area contributed by atoms with Gasteiger partial charge in [0, 0.05) is 36.4 Å². The third-order valence-corrected chi connectivity index (χ3v) is 7.10. The Morgan fingerprint density at radius 1 is 1.22 bits per heavy atom. The second-order valence-electron chi connectivity index (χ2n) is 8.23. The van der Waals surface area contributed by atoms with Gasteiger partial charge in [0.15, 0.2) is 0 Å². The van der Waals surface area contributed by atoms with E-state index in [1.54, 1.807) is 41.5 Å². The lowest BCUT2D eigenvalue weighted by molar-refractivity contribution is -0.144. The van der Waals surface area contributed by atoms with Crippen LogP contribution >= 0.6 is 11.3 Å². The molecule has 170 valence electrons. The van der Waals surface area contributed by atoms with Crippen molar-refractivity contribution in [3.05, 3.63) is 58.0 Å². The van der Waals surface area contributed by atoms with E-state index in [1.165, 1.54) is 11.1 Å². The molecule has 1 aromatic carbocycles. The molecule has 0 spiro atoms. The summed E-state index contributed by atoms with van der Waals surface area (Å²) in [7, 11) is 1.58. The summed E-state index contributed by atoms with van der Waals surface area (Å²) in [5.74, 6) is -0.636. The molecule has 2 aromatic rings. The molecule has 1 aromatic heterocycles. The molecular weight excluding hydrogens is 429 g/mol. The number of benzene rings is 1. The van der Waals surface area contributed by atoms with Gasteiger partial charge >= 0.3 is 0 Å². The van der Waals surface area contributed by atoms with E-state index in [1.807, 2.05) is 17.5 Å². The Hall–Kier alpha value is -2.58. The monoisotopic (exact) mass is 457 g/mol. The van der Waals surface area contributed by atoms with Crippen LogP contribution in [0.1, 0.15) is 48.6 Å². The molecule has 6 nitrogen and oxygen atoms in total. The van der Waals surface area contributed by atoms with Crippen molar-refractivity contribution in [2.45, 2.75) is 38.1 Å². The fourth-order valence-corrected chi connectivity index (χ4v) is 5.25. The smallest absolute Gasteiger partial charge is 0.262 e. The Bertz CT molecular complexity index is 973. The van der Waals surface area contributed by atoms with Crippen LogP contribution in [0.15, 0.2) is 46.9 Å². The maximum Gasteiger partial charge on any atom is 0.262 e. The van der Waals surface area contributed by atoms with Gasteiger partial charge in [0.25, 0.3) is 5.91 Å². The molecule has 2 aliphatic rings. The first-order chi connectivity index (χ1) is 15.6. The number of thiophene rings is 1. The van der Waals surface area contributed by atoms with Crippen LogP contribution in [-0.4, -0.2) is 54.2 Å². The summed E-state index contributed by atoms with van der Waals surface area (Å²) in [6, 6.07) is 10.1. The number of carbonyl (C=O) groups is 2. The minimum Gasteiger partial charge on any atom is -0.383 e. The van der Waals surface area contributed by atoms with Gasteiger partial charge in [0.05, 0.1) is 18.4 Å². The van der Waals surface area contributed by atoms with Crippen molar-refractivity contribution in [1.82, 2.24) is 9.91 Å². The van der Waals surface area contributed by atoms with Gasteiger partial charge < -0.3 is 9.64 Å². The Morgan fingerprint density at radius 3 is 2.69 bits per heavy atom. The fraction of sp³-hybridized carbons (Fsp3) is 0.458. The summed E-state index contributed by atoms with van der Waals surface area (Å²) >= 11 is 1.54. The van der Waals surface area contributed by atoms with Gasteiger partial charge in [-0.2, -0.15) is 5.10 Å². The Morgan fingerprint density at radius 2 is 2.00 bits per heavy atom. The molecule has 1 aliphatic heterocycles. The molecule has 0 bridgehead atoms. The Labute approximate surface area is 191 Å². The molecule has 0 saturated heterocycles. The maximum atomic E-state index is 14.4. The maximum absolute atomic E-state index is 14.4. The predicted octanol–water partition coefficient (Wildman–Crippen LogP) is 4.23. The van der Waals surface area contributed by atoms with Crippen LogP contribution in [0.2, 0.25) is 0 Å². The van der Waals surface area contributed by atoms with Crippen molar-refractivity contribution in [2.75, 3.05) is 26.8 Å². The van der Waals surface area contributed by atoms with Crippen LogP contribution in [-0.2, 0) is 14.3 Å². The number of nitrogens with zero attached hydrogens (tertiary/aromatic N) is 3. The molecular formula is C24H28FN3O3S. The number of hydrogen-bond donors (Lipinski definition) is 0. The number of halogens is 1. The molecule has 2 amide bonds. The van der Waals surface area contributed by atoms with Gasteiger partial charge in [-0.15, -0.1) is 11.3 Å². The molecule has 1 atom stereocenters. The van der Waals surface area contributed by atoms with Crippen LogP contribution < -0.4 is 0 Å². The molecule has 1 saturated carbocycles. The van der Waals surface area contributed by atoms with Crippen molar-refractivity contribution < 1.29 is 18.7 Å². The third-order valence-electron chi connectivity index (χ3n) is 6.13. The molecule has 1 aliphatic carbocycles. The molecule has 4 rings (SSSR count). The largest absolute Gasteiger partial charge is 0.383 e. The second-order valence-corrected chi connectivity index (χ2v) is 9.21. The zero-order valence-electron chi connectivity index (χ0n) is 18.2. The standard InChI is InChI=1S/C24H28FN3O3S/c1-31-13-12-27(24(30)17-7-2-3-8-17)16-23(29)28-21(22-11-6-14-32-22)15-20(26-28)18-9-4-5-10-19(18)25/h4-6,9-11,14,17,21H,2-3,7-8,12-13,15-16H2,1H3. The minimum absolute atomic E-state index is 0.0121. The first-order valence-electron chi connectivity index (χ1n) is 11.0. The van der Waals surface area contributed by atoms with Crippen LogP contribution in [0.25, 0.3) is 0 Å². The lowest BCUT2D eigenvalue weighted by atomic mass is 10.0. The highest BCUT2D eigenvalue weighted by Crippen LogP contribution is 2.36. The van der Waals surface area contributed by atoms with E-state index >= 15 is 0 Å². The van der Waals surface area contributed by atoms with Crippen LogP contribution in [0.4, 0.5) is 4.39 Å².